The van der Waals surface area contributed by atoms with Gasteiger partial charge in [0.05, 0.1) is 5.75 Å². The van der Waals surface area contributed by atoms with Crippen LogP contribution in [0.15, 0.2) is 11.5 Å². The van der Waals surface area contributed by atoms with E-state index in [0.29, 0.717) is 11.8 Å². The number of hydrogen-bond donors (Lipinski definition) is 0. The van der Waals surface area contributed by atoms with Gasteiger partial charge in [0.1, 0.15) is 6.33 Å². The van der Waals surface area contributed by atoms with Gasteiger partial charge in [0.25, 0.3) is 0 Å². The summed E-state index contributed by atoms with van der Waals surface area (Å²) in [5.41, 5.74) is 0. The Labute approximate surface area is 106 Å². The zero-order chi connectivity index (χ0) is 12.3. The third kappa shape index (κ3) is 3.00. The van der Waals surface area contributed by atoms with Crippen molar-refractivity contribution >= 4 is 17.7 Å². The standard InChI is InChI=1S/C11H18N4OS/c1-9-5-3-4-6-15(9)10(16)7-17-11-13-12-8-14(11)2/h8-9H,3-7H2,1-2H3. The molecule has 1 amide bonds. The van der Waals surface area contributed by atoms with Crippen LogP contribution in [0, 0.1) is 0 Å². The van der Waals surface area contributed by atoms with E-state index < -0.39 is 0 Å². The molecule has 0 N–H and O–H groups in total. The van der Waals surface area contributed by atoms with Gasteiger partial charge in [0.2, 0.25) is 5.91 Å². The van der Waals surface area contributed by atoms with Crippen molar-refractivity contribution in [1.29, 1.82) is 0 Å². The highest BCUT2D eigenvalue weighted by molar-refractivity contribution is 7.99. The minimum atomic E-state index is 0.213. The maximum absolute atomic E-state index is 12.1. The highest BCUT2D eigenvalue weighted by Crippen LogP contribution is 2.19. The van der Waals surface area contributed by atoms with E-state index in [2.05, 4.69) is 17.1 Å². The number of rotatable bonds is 3. The van der Waals surface area contributed by atoms with E-state index in [-0.39, 0.29) is 5.91 Å². The summed E-state index contributed by atoms with van der Waals surface area (Å²) in [4.78, 5) is 14.1. The van der Waals surface area contributed by atoms with E-state index in [1.807, 2.05) is 16.5 Å². The van der Waals surface area contributed by atoms with E-state index >= 15 is 0 Å². The van der Waals surface area contributed by atoms with Crippen molar-refractivity contribution in [2.24, 2.45) is 7.05 Å². The molecule has 1 aliphatic heterocycles. The van der Waals surface area contributed by atoms with Crippen LogP contribution in [-0.2, 0) is 11.8 Å². The number of likely N-dealkylation sites (tertiary alicyclic amines) is 1. The summed E-state index contributed by atoms with van der Waals surface area (Å²) in [6.07, 6.45) is 5.14. The normalized spacial score (nSPS) is 20.6. The predicted molar refractivity (Wildman–Crippen MR) is 66.8 cm³/mol. The van der Waals surface area contributed by atoms with Crippen LogP contribution in [0.25, 0.3) is 0 Å². The van der Waals surface area contributed by atoms with Gasteiger partial charge in [-0.25, -0.2) is 0 Å². The number of aromatic nitrogens is 3. The first-order valence-corrected chi connectivity index (χ1v) is 6.93. The average molecular weight is 254 g/mol. The molecule has 0 spiro atoms. The molecule has 1 fully saturated rings. The number of nitrogens with zero attached hydrogens (tertiary/aromatic N) is 4. The van der Waals surface area contributed by atoms with Crippen LogP contribution in [0.5, 0.6) is 0 Å². The van der Waals surface area contributed by atoms with Crippen LogP contribution in [0.3, 0.4) is 0 Å². The number of thioether (sulfide) groups is 1. The summed E-state index contributed by atoms with van der Waals surface area (Å²) < 4.78 is 1.83. The molecule has 2 heterocycles. The Bertz CT molecular complexity index is 393. The van der Waals surface area contributed by atoms with Gasteiger partial charge in [-0.15, -0.1) is 10.2 Å². The molecule has 1 aromatic rings. The highest BCUT2D eigenvalue weighted by atomic mass is 32.2. The summed E-state index contributed by atoms with van der Waals surface area (Å²) in [5, 5.41) is 8.55. The van der Waals surface area contributed by atoms with E-state index in [9.17, 15) is 4.79 Å². The molecule has 1 unspecified atom stereocenters. The van der Waals surface area contributed by atoms with Gasteiger partial charge in [-0.1, -0.05) is 11.8 Å². The third-order valence-corrected chi connectivity index (χ3v) is 4.14. The van der Waals surface area contributed by atoms with Gasteiger partial charge in [0.15, 0.2) is 5.16 Å². The lowest BCUT2D eigenvalue weighted by atomic mass is 10.0. The lowest BCUT2D eigenvalue weighted by Crippen LogP contribution is -2.42. The molecule has 1 atom stereocenters. The van der Waals surface area contributed by atoms with E-state index in [1.54, 1.807) is 6.33 Å². The zero-order valence-corrected chi connectivity index (χ0v) is 11.1. The second-order valence-corrected chi connectivity index (χ2v) is 5.39. The van der Waals surface area contributed by atoms with Gasteiger partial charge < -0.3 is 9.47 Å². The molecule has 94 valence electrons. The Morgan fingerprint density at radius 2 is 2.41 bits per heavy atom. The molecule has 0 radical (unpaired) electrons. The molecule has 1 aliphatic rings. The molecule has 6 heteroatoms. The molecule has 5 nitrogen and oxygen atoms in total. The van der Waals surface area contributed by atoms with Crippen molar-refractivity contribution in [3.05, 3.63) is 6.33 Å². The summed E-state index contributed by atoms with van der Waals surface area (Å²) in [6.45, 7) is 3.03. The second kappa shape index (κ2) is 5.53. The Balaban J connectivity index is 1.86. The molecule has 0 bridgehead atoms. The molecule has 0 saturated carbocycles. The number of amides is 1. The topological polar surface area (TPSA) is 51.0 Å². The Hall–Kier alpha value is -1.04. The molecule has 0 aromatic carbocycles. The molecule has 1 aromatic heterocycles. The Morgan fingerprint density at radius 3 is 3.06 bits per heavy atom. The molecule has 2 rings (SSSR count). The van der Waals surface area contributed by atoms with Crippen molar-refractivity contribution in [1.82, 2.24) is 19.7 Å². The van der Waals surface area contributed by atoms with Gasteiger partial charge in [0, 0.05) is 19.6 Å². The fourth-order valence-electron chi connectivity index (χ4n) is 2.08. The monoisotopic (exact) mass is 254 g/mol. The number of carbonyl (C=O) groups is 1. The minimum Gasteiger partial charge on any atom is -0.339 e. The van der Waals surface area contributed by atoms with Gasteiger partial charge in [-0.3, -0.25) is 4.79 Å². The van der Waals surface area contributed by atoms with Crippen molar-refractivity contribution in [2.45, 2.75) is 37.4 Å². The fourth-order valence-corrected chi connectivity index (χ4v) is 2.86. The fraction of sp³-hybridized carbons (Fsp3) is 0.727. The Morgan fingerprint density at radius 1 is 1.59 bits per heavy atom. The van der Waals surface area contributed by atoms with Crippen LogP contribution in [0.1, 0.15) is 26.2 Å². The quantitative estimate of drug-likeness (QED) is 0.763. The van der Waals surface area contributed by atoms with Crippen molar-refractivity contribution in [3.63, 3.8) is 0 Å². The third-order valence-electron chi connectivity index (χ3n) is 3.12. The van der Waals surface area contributed by atoms with Crippen LogP contribution in [-0.4, -0.2) is 43.9 Å². The van der Waals surface area contributed by atoms with Gasteiger partial charge in [-0.05, 0) is 26.2 Å². The summed E-state index contributed by atoms with van der Waals surface area (Å²) in [5.74, 6) is 0.668. The van der Waals surface area contributed by atoms with Crippen molar-refractivity contribution in [3.8, 4) is 0 Å². The lowest BCUT2D eigenvalue weighted by molar-refractivity contribution is -0.131. The SMILES string of the molecule is CC1CCCCN1C(=O)CSc1nncn1C. The summed E-state index contributed by atoms with van der Waals surface area (Å²) in [7, 11) is 1.89. The predicted octanol–water partition coefficient (Wildman–Crippen LogP) is 1.31. The first-order chi connectivity index (χ1) is 8.18. The van der Waals surface area contributed by atoms with Crippen molar-refractivity contribution < 1.29 is 4.79 Å². The molecule has 0 aliphatic carbocycles. The van der Waals surface area contributed by atoms with E-state index in [0.717, 1.165) is 24.5 Å². The maximum atomic E-state index is 12.1. The first kappa shape index (κ1) is 12.4. The number of aryl methyl sites for hydroxylation is 1. The highest BCUT2D eigenvalue weighted by Gasteiger charge is 2.23. The molecule has 17 heavy (non-hydrogen) atoms. The number of hydrogen-bond acceptors (Lipinski definition) is 4. The van der Waals surface area contributed by atoms with Crippen molar-refractivity contribution in [2.75, 3.05) is 12.3 Å². The summed E-state index contributed by atoms with van der Waals surface area (Å²) in [6, 6.07) is 0.386. The van der Waals surface area contributed by atoms with E-state index in [4.69, 9.17) is 0 Å². The molecular formula is C11H18N4OS. The lowest BCUT2D eigenvalue weighted by Gasteiger charge is -2.33. The Kier molecular flexibility index (Phi) is 4.04. The van der Waals surface area contributed by atoms with Crippen LogP contribution >= 0.6 is 11.8 Å². The molecular weight excluding hydrogens is 236 g/mol. The van der Waals surface area contributed by atoms with Gasteiger partial charge >= 0.3 is 0 Å². The second-order valence-electron chi connectivity index (χ2n) is 4.45. The van der Waals surface area contributed by atoms with Crippen LogP contribution in [0.4, 0.5) is 0 Å². The molecule has 1 saturated heterocycles. The van der Waals surface area contributed by atoms with E-state index in [1.165, 1.54) is 18.2 Å². The number of carbonyl (C=O) groups excluding carboxylic acids is 1. The summed E-state index contributed by atoms with van der Waals surface area (Å²) >= 11 is 1.46. The van der Waals surface area contributed by atoms with Gasteiger partial charge in [-0.2, -0.15) is 0 Å². The average Bonchev–Trinajstić information content (AvgIpc) is 2.72. The number of piperidine rings is 1. The van der Waals surface area contributed by atoms with Crippen LogP contribution in [0.2, 0.25) is 0 Å². The minimum absolute atomic E-state index is 0.213. The zero-order valence-electron chi connectivity index (χ0n) is 10.3. The van der Waals surface area contributed by atoms with Crippen LogP contribution < -0.4 is 0 Å². The largest absolute Gasteiger partial charge is 0.339 e. The maximum Gasteiger partial charge on any atom is 0.233 e. The first-order valence-electron chi connectivity index (χ1n) is 5.94. The smallest absolute Gasteiger partial charge is 0.233 e.